The minimum atomic E-state index is 0.468. The van der Waals surface area contributed by atoms with Crippen molar-refractivity contribution in [3.05, 3.63) is 0 Å². The SMILES string of the molecule is CC1CCN(CCCNCCC(C)(C)C)CC1. The van der Waals surface area contributed by atoms with E-state index in [1.807, 2.05) is 0 Å². The predicted molar refractivity (Wildman–Crippen MR) is 76.4 cm³/mol. The number of rotatable bonds is 6. The molecule has 2 heteroatoms. The van der Waals surface area contributed by atoms with Crippen LogP contribution in [0.4, 0.5) is 0 Å². The van der Waals surface area contributed by atoms with Crippen molar-refractivity contribution in [2.45, 2.75) is 53.4 Å². The maximum Gasteiger partial charge on any atom is -0.000664 e. The fourth-order valence-corrected chi connectivity index (χ4v) is 2.30. The first kappa shape index (κ1) is 15.0. The van der Waals surface area contributed by atoms with Crippen molar-refractivity contribution in [2.24, 2.45) is 11.3 Å². The van der Waals surface area contributed by atoms with Gasteiger partial charge in [0, 0.05) is 0 Å². The van der Waals surface area contributed by atoms with Crippen LogP contribution in [0.1, 0.15) is 53.4 Å². The van der Waals surface area contributed by atoms with Crippen LogP contribution in [-0.2, 0) is 0 Å². The van der Waals surface area contributed by atoms with Crippen molar-refractivity contribution < 1.29 is 0 Å². The van der Waals surface area contributed by atoms with Crippen molar-refractivity contribution in [1.82, 2.24) is 10.2 Å². The maximum absolute atomic E-state index is 3.56. The standard InChI is InChI=1S/C15H32N2/c1-14-6-12-17(13-7-14)11-5-9-16-10-8-15(2,3)4/h14,16H,5-13H2,1-4H3. The van der Waals surface area contributed by atoms with E-state index in [2.05, 4.69) is 37.9 Å². The van der Waals surface area contributed by atoms with Crippen LogP contribution in [0.15, 0.2) is 0 Å². The van der Waals surface area contributed by atoms with Gasteiger partial charge in [0.15, 0.2) is 0 Å². The lowest BCUT2D eigenvalue weighted by atomic mass is 9.92. The second-order valence-electron chi connectivity index (χ2n) is 6.94. The van der Waals surface area contributed by atoms with Crippen molar-refractivity contribution in [3.63, 3.8) is 0 Å². The first-order valence-corrected chi connectivity index (χ1v) is 7.40. The molecule has 0 unspecified atom stereocenters. The maximum atomic E-state index is 3.56. The van der Waals surface area contributed by atoms with E-state index in [0.29, 0.717) is 5.41 Å². The van der Waals surface area contributed by atoms with Crippen LogP contribution in [0.5, 0.6) is 0 Å². The zero-order chi connectivity index (χ0) is 12.7. The molecule has 1 saturated heterocycles. The molecule has 2 nitrogen and oxygen atoms in total. The average molecular weight is 240 g/mol. The molecule has 1 aliphatic rings. The van der Waals surface area contributed by atoms with E-state index in [1.165, 1.54) is 58.4 Å². The van der Waals surface area contributed by atoms with Crippen LogP contribution in [0.25, 0.3) is 0 Å². The van der Waals surface area contributed by atoms with E-state index >= 15 is 0 Å². The molecule has 1 N–H and O–H groups in total. The fourth-order valence-electron chi connectivity index (χ4n) is 2.30. The largest absolute Gasteiger partial charge is 0.317 e. The molecule has 0 amide bonds. The molecule has 0 radical (unpaired) electrons. The monoisotopic (exact) mass is 240 g/mol. The van der Waals surface area contributed by atoms with E-state index in [0.717, 1.165) is 5.92 Å². The summed E-state index contributed by atoms with van der Waals surface area (Å²) in [5, 5.41) is 3.56. The molecular weight excluding hydrogens is 208 g/mol. The number of hydrogen-bond donors (Lipinski definition) is 1. The van der Waals surface area contributed by atoms with Gasteiger partial charge in [0.1, 0.15) is 0 Å². The summed E-state index contributed by atoms with van der Waals surface area (Å²) in [5.74, 6) is 0.955. The van der Waals surface area contributed by atoms with Gasteiger partial charge in [-0.3, -0.25) is 0 Å². The van der Waals surface area contributed by atoms with Crippen molar-refractivity contribution in [3.8, 4) is 0 Å². The minimum absolute atomic E-state index is 0.468. The zero-order valence-electron chi connectivity index (χ0n) is 12.4. The van der Waals surface area contributed by atoms with Crippen LogP contribution in [0.3, 0.4) is 0 Å². The summed E-state index contributed by atoms with van der Waals surface area (Å²) in [7, 11) is 0. The lowest BCUT2D eigenvalue weighted by Gasteiger charge is -2.30. The zero-order valence-corrected chi connectivity index (χ0v) is 12.4. The van der Waals surface area contributed by atoms with E-state index in [-0.39, 0.29) is 0 Å². The number of piperidine rings is 1. The Bertz CT molecular complexity index is 188. The van der Waals surface area contributed by atoms with Crippen LogP contribution >= 0.6 is 0 Å². The summed E-state index contributed by atoms with van der Waals surface area (Å²) >= 11 is 0. The van der Waals surface area contributed by atoms with Gasteiger partial charge in [-0.2, -0.15) is 0 Å². The highest BCUT2D eigenvalue weighted by Gasteiger charge is 2.14. The highest BCUT2D eigenvalue weighted by atomic mass is 15.1. The van der Waals surface area contributed by atoms with Gasteiger partial charge in [0.25, 0.3) is 0 Å². The average Bonchev–Trinajstić information content (AvgIpc) is 2.24. The number of nitrogens with one attached hydrogen (secondary N) is 1. The topological polar surface area (TPSA) is 15.3 Å². The highest BCUT2D eigenvalue weighted by Crippen LogP contribution is 2.17. The molecule has 1 fully saturated rings. The Morgan fingerprint density at radius 3 is 2.35 bits per heavy atom. The van der Waals surface area contributed by atoms with Gasteiger partial charge in [0.05, 0.1) is 0 Å². The normalized spacial score (nSPS) is 19.8. The first-order chi connectivity index (χ1) is 7.97. The molecule has 1 rings (SSSR count). The van der Waals surface area contributed by atoms with Gasteiger partial charge in [-0.25, -0.2) is 0 Å². The van der Waals surface area contributed by atoms with Gasteiger partial charge >= 0.3 is 0 Å². The van der Waals surface area contributed by atoms with Crippen LogP contribution in [0.2, 0.25) is 0 Å². The summed E-state index contributed by atoms with van der Waals surface area (Å²) < 4.78 is 0. The highest BCUT2D eigenvalue weighted by molar-refractivity contribution is 4.69. The Balaban J connectivity index is 1.91. The summed E-state index contributed by atoms with van der Waals surface area (Å²) in [6, 6.07) is 0. The van der Waals surface area contributed by atoms with Gasteiger partial charge in [-0.05, 0) is 69.7 Å². The molecule has 1 aliphatic heterocycles. The van der Waals surface area contributed by atoms with Gasteiger partial charge in [-0.15, -0.1) is 0 Å². The quantitative estimate of drug-likeness (QED) is 0.718. The van der Waals surface area contributed by atoms with Gasteiger partial charge in [-0.1, -0.05) is 27.7 Å². The Kier molecular flexibility index (Phi) is 6.50. The fraction of sp³-hybridized carbons (Fsp3) is 1.00. The van der Waals surface area contributed by atoms with Crippen molar-refractivity contribution in [1.29, 1.82) is 0 Å². The molecule has 0 spiro atoms. The smallest absolute Gasteiger partial charge is 0.000664 e. The molecule has 0 saturated carbocycles. The van der Waals surface area contributed by atoms with Crippen LogP contribution in [0, 0.1) is 11.3 Å². The van der Waals surface area contributed by atoms with Crippen LogP contribution in [-0.4, -0.2) is 37.6 Å². The second kappa shape index (κ2) is 7.38. The summed E-state index contributed by atoms with van der Waals surface area (Å²) in [6.45, 7) is 15.6. The molecule has 0 aromatic heterocycles. The molecule has 1 heterocycles. The minimum Gasteiger partial charge on any atom is -0.317 e. The summed E-state index contributed by atoms with van der Waals surface area (Å²) in [5.41, 5.74) is 0.468. The summed E-state index contributed by atoms with van der Waals surface area (Å²) in [4.78, 5) is 2.63. The molecule has 0 bridgehead atoms. The van der Waals surface area contributed by atoms with Gasteiger partial charge < -0.3 is 10.2 Å². The lowest BCUT2D eigenvalue weighted by molar-refractivity contribution is 0.190. The molecule has 17 heavy (non-hydrogen) atoms. The predicted octanol–water partition coefficient (Wildman–Crippen LogP) is 3.13. The molecule has 102 valence electrons. The number of likely N-dealkylation sites (tertiary alicyclic amines) is 1. The van der Waals surface area contributed by atoms with E-state index in [9.17, 15) is 0 Å². The molecule has 0 aliphatic carbocycles. The molecule has 0 aromatic carbocycles. The third-order valence-corrected chi connectivity index (χ3v) is 3.76. The third-order valence-electron chi connectivity index (χ3n) is 3.76. The number of hydrogen-bond acceptors (Lipinski definition) is 2. The Morgan fingerprint density at radius 1 is 1.12 bits per heavy atom. The van der Waals surface area contributed by atoms with E-state index < -0.39 is 0 Å². The Morgan fingerprint density at radius 2 is 1.76 bits per heavy atom. The van der Waals surface area contributed by atoms with Crippen LogP contribution < -0.4 is 5.32 Å². The van der Waals surface area contributed by atoms with E-state index in [4.69, 9.17) is 0 Å². The molecule has 0 atom stereocenters. The third kappa shape index (κ3) is 7.77. The number of nitrogens with zero attached hydrogens (tertiary/aromatic N) is 1. The lowest BCUT2D eigenvalue weighted by Crippen LogP contribution is -2.35. The Labute approximate surface area is 108 Å². The Hall–Kier alpha value is -0.0800. The van der Waals surface area contributed by atoms with E-state index in [1.54, 1.807) is 0 Å². The second-order valence-corrected chi connectivity index (χ2v) is 6.94. The molecular formula is C15H32N2. The van der Waals surface area contributed by atoms with Crippen molar-refractivity contribution in [2.75, 3.05) is 32.7 Å². The molecule has 0 aromatic rings. The van der Waals surface area contributed by atoms with Gasteiger partial charge in [0.2, 0.25) is 0 Å². The van der Waals surface area contributed by atoms with Crippen molar-refractivity contribution >= 4 is 0 Å². The first-order valence-electron chi connectivity index (χ1n) is 7.40. The summed E-state index contributed by atoms with van der Waals surface area (Å²) in [6.07, 6.45) is 5.38.